The summed E-state index contributed by atoms with van der Waals surface area (Å²) in [5.41, 5.74) is 4.88. The summed E-state index contributed by atoms with van der Waals surface area (Å²) >= 11 is 1.18. The van der Waals surface area contributed by atoms with Crippen LogP contribution in [-0.4, -0.2) is 18.5 Å². The zero-order valence-corrected chi connectivity index (χ0v) is 10.5. The molecule has 0 aromatic heterocycles. The number of hydrogen-bond donors (Lipinski definition) is 1. The first-order valence-corrected chi connectivity index (χ1v) is 6.66. The van der Waals surface area contributed by atoms with E-state index >= 15 is 0 Å². The minimum Gasteiger partial charge on any atom is -0.399 e. The number of alkyl halides is 3. The number of benzene rings is 1. The van der Waals surface area contributed by atoms with Crippen LogP contribution in [0.25, 0.3) is 0 Å². The zero-order valence-electron chi connectivity index (χ0n) is 9.67. The van der Waals surface area contributed by atoms with Crippen molar-refractivity contribution in [2.45, 2.75) is 30.0 Å². The SMILES string of the molecule is Nc1ccc(SCC2CCCO2)c(C(F)(F)F)c1. The third-order valence-electron chi connectivity index (χ3n) is 2.76. The van der Waals surface area contributed by atoms with Gasteiger partial charge in [0.15, 0.2) is 0 Å². The Balaban J connectivity index is 2.11. The molecule has 0 amide bonds. The van der Waals surface area contributed by atoms with E-state index in [9.17, 15) is 13.2 Å². The molecule has 2 N–H and O–H groups in total. The lowest BCUT2D eigenvalue weighted by atomic mass is 10.2. The molecule has 1 aliphatic heterocycles. The highest BCUT2D eigenvalue weighted by Gasteiger charge is 2.34. The van der Waals surface area contributed by atoms with Crippen LogP contribution in [0.15, 0.2) is 23.1 Å². The monoisotopic (exact) mass is 277 g/mol. The number of anilines is 1. The van der Waals surface area contributed by atoms with Gasteiger partial charge in [-0.15, -0.1) is 11.8 Å². The molecule has 2 nitrogen and oxygen atoms in total. The van der Waals surface area contributed by atoms with Gasteiger partial charge in [-0.2, -0.15) is 13.2 Å². The molecule has 1 fully saturated rings. The molecule has 1 aliphatic rings. The van der Waals surface area contributed by atoms with Gasteiger partial charge in [-0.3, -0.25) is 0 Å². The molecule has 1 saturated heterocycles. The van der Waals surface area contributed by atoms with E-state index in [2.05, 4.69) is 0 Å². The van der Waals surface area contributed by atoms with Crippen molar-refractivity contribution < 1.29 is 17.9 Å². The molecule has 0 saturated carbocycles. The second-order valence-electron chi connectivity index (χ2n) is 4.20. The van der Waals surface area contributed by atoms with E-state index in [0.29, 0.717) is 12.4 Å². The highest BCUT2D eigenvalue weighted by atomic mass is 32.2. The van der Waals surface area contributed by atoms with Gasteiger partial charge in [0.05, 0.1) is 11.7 Å². The smallest absolute Gasteiger partial charge is 0.399 e. The molecule has 1 unspecified atom stereocenters. The normalized spacial score (nSPS) is 20.3. The molecule has 0 bridgehead atoms. The van der Waals surface area contributed by atoms with Gasteiger partial charge in [-0.05, 0) is 31.0 Å². The lowest BCUT2D eigenvalue weighted by Gasteiger charge is -2.14. The summed E-state index contributed by atoms with van der Waals surface area (Å²) in [4.78, 5) is 0.215. The molecule has 1 aromatic rings. The van der Waals surface area contributed by atoms with Crippen LogP contribution < -0.4 is 5.73 Å². The third-order valence-corrected chi connectivity index (χ3v) is 3.96. The van der Waals surface area contributed by atoms with Gasteiger partial charge in [0.25, 0.3) is 0 Å². The first-order chi connectivity index (χ1) is 8.47. The molecule has 18 heavy (non-hydrogen) atoms. The molecule has 1 atom stereocenters. The Bertz CT molecular complexity index is 416. The Labute approximate surface area is 108 Å². The lowest BCUT2D eigenvalue weighted by Crippen LogP contribution is -2.11. The topological polar surface area (TPSA) is 35.2 Å². The van der Waals surface area contributed by atoms with Crippen LogP contribution in [0.4, 0.5) is 18.9 Å². The first kappa shape index (κ1) is 13.5. The second kappa shape index (κ2) is 5.40. The van der Waals surface area contributed by atoms with E-state index in [1.54, 1.807) is 0 Å². The maximum absolute atomic E-state index is 12.8. The zero-order chi connectivity index (χ0) is 13.2. The predicted octanol–water partition coefficient (Wildman–Crippen LogP) is 3.56. The average molecular weight is 277 g/mol. The van der Waals surface area contributed by atoms with Crippen molar-refractivity contribution in [1.29, 1.82) is 0 Å². The maximum atomic E-state index is 12.8. The van der Waals surface area contributed by atoms with Crippen molar-refractivity contribution in [3.63, 3.8) is 0 Å². The van der Waals surface area contributed by atoms with Crippen LogP contribution in [0.5, 0.6) is 0 Å². The Hall–Kier alpha value is -0.880. The number of nitrogens with two attached hydrogens (primary N) is 1. The van der Waals surface area contributed by atoms with E-state index in [0.717, 1.165) is 18.9 Å². The van der Waals surface area contributed by atoms with Gasteiger partial charge in [-0.25, -0.2) is 0 Å². The number of rotatable bonds is 3. The molecule has 0 aliphatic carbocycles. The molecule has 1 heterocycles. The van der Waals surface area contributed by atoms with Crippen LogP contribution in [0.2, 0.25) is 0 Å². The van der Waals surface area contributed by atoms with Crippen LogP contribution in [0.1, 0.15) is 18.4 Å². The molecule has 0 radical (unpaired) electrons. The predicted molar refractivity (Wildman–Crippen MR) is 65.6 cm³/mol. The summed E-state index contributed by atoms with van der Waals surface area (Å²) < 4.78 is 43.9. The van der Waals surface area contributed by atoms with Crippen LogP contribution in [0.3, 0.4) is 0 Å². The Morgan fingerprint density at radius 2 is 2.17 bits per heavy atom. The third kappa shape index (κ3) is 3.32. The van der Waals surface area contributed by atoms with Crippen LogP contribution >= 0.6 is 11.8 Å². The van der Waals surface area contributed by atoms with E-state index < -0.39 is 11.7 Å². The molecule has 1 aromatic carbocycles. The van der Waals surface area contributed by atoms with Crippen molar-refractivity contribution in [3.05, 3.63) is 23.8 Å². The van der Waals surface area contributed by atoms with Gasteiger partial charge in [0.2, 0.25) is 0 Å². The fourth-order valence-corrected chi connectivity index (χ4v) is 2.98. The molecular weight excluding hydrogens is 263 g/mol. The number of ether oxygens (including phenoxy) is 1. The number of nitrogen functional groups attached to an aromatic ring is 1. The number of thioether (sulfide) groups is 1. The summed E-state index contributed by atoms with van der Waals surface area (Å²) in [6.45, 7) is 0.707. The molecular formula is C12H14F3NOS. The Morgan fingerprint density at radius 1 is 1.39 bits per heavy atom. The van der Waals surface area contributed by atoms with E-state index in [1.165, 1.54) is 23.9 Å². The van der Waals surface area contributed by atoms with Crippen molar-refractivity contribution in [2.24, 2.45) is 0 Å². The highest BCUT2D eigenvalue weighted by Crippen LogP contribution is 2.38. The van der Waals surface area contributed by atoms with E-state index in [1.807, 2.05) is 0 Å². The average Bonchev–Trinajstić information content (AvgIpc) is 2.79. The summed E-state index contributed by atoms with van der Waals surface area (Å²) in [6.07, 6.45) is -2.40. The molecule has 0 spiro atoms. The first-order valence-electron chi connectivity index (χ1n) is 5.68. The standard InChI is InChI=1S/C12H14F3NOS/c13-12(14,15)10-6-8(16)3-4-11(10)18-7-9-2-1-5-17-9/h3-4,6,9H,1-2,5,7,16H2. The van der Waals surface area contributed by atoms with Crippen molar-refractivity contribution in [1.82, 2.24) is 0 Å². The van der Waals surface area contributed by atoms with Crippen molar-refractivity contribution in [2.75, 3.05) is 18.1 Å². The molecule has 100 valence electrons. The molecule has 6 heteroatoms. The minimum atomic E-state index is -4.37. The quantitative estimate of drug-likeness (QED) is 0.677. The van der Waals surface area contributed by atoms with Gasteiger partial charge in [-0.1, -0.05) is 0 Å². The maximum Gasteiger partial charge on any atom is 0.417 e. The summed E-state index contributed by atoms with van der Waals surface area (Å²) in [7, 11) is 0. The highest BCUT2D eigenvalue weighted by molar-refractivity contribution is 7.99. The Morgan fingerprint density at radius 3 is 2.78 bits per heavy atom. The fraction of sp³-hybridized carbons (Fsp3) is 0.500. The van der Waals surface area contributed by atoms with Gasteiger partial charge < -0.3 is 10.5 Å². The number of hydrogen-bond acceptors (Lipinski definition) is 3. The van der Waals surface area contributed by atoms with Crippen LogP contribution in [0, 0.1) is 0 Å². The minimum absolute atomic E-state index is 0.0636. The summed E-state index contributed by atoms with van der Waals surface area (Å²) in [5.74, 6) is 0.549. The molecule has 2 rings (SSSR count). The van der Waals surface area contributed by atoms with Gasteiger partial charge >= 0.3 is 6.18 Å². The lowest BCUT2D eigenvalue weighted by molar-refractivity contribution is -0.139. The van der Waals surface area contributed by atoms with E-state index in [4.69, 9.17) is 10.5 Å². The van der Waals surface area contributed by atoms with Crippen molar-refractivity contribution in [3.8, 4) is 0 Å². The Kier molecular flexibility index (Phi) is 4.07. The van der Waals surface area contributed by atoms with Crippen LogP contribution in [-0.2, 0) is 10.9 Å². The van der Waals surface area contributed by atoms with Gasteiger partial charge in [0, 0.05) is 22.9 Å². The summed E-state index contributed by atoms with van der Waals surface area (Å²) in [6, 6.07) is 3.91. The van der Waals surface area contributed by atoms with Gasteiger partial charge in [0.1, 0.15) is 0 Å². The van der Waals surface area contributed by atoms with E-state index in [-0.39, 0.29) is 16.7 Å². The summed E-state index contributed by atoms with van der Waals surface area (Å²) in [5, 5.41) is 0. The van der Waals surface area contributed by atoms with Crippen molar-refractivity contribution >= 4 is 17.4 Å². The number of halogens is 3. The second-order valence-corrected chi connectivity index (χ2v) is 5.26. The fourth-order valence-electron chi connectivity index (χ4n) is 1.85. The largest absolute Gasteiger partial charge is 0.417 e.